The number of nitrogens with one attached hydrogen (secondary N) is 2. The molecule has 138 valence electrons. The lowest BCUT2D eigenvalue weighted by atomic mass is 10.1. The molecule has 0 saturated heterocycles. The van der Waals surface area contributed by atoms with Crippen LogP contribution in [0.4, 0.5) is 0 Å². The summed E-state index contributed by atoms with van der Waals surface area (Å²) in [4.78, 5) is 8.37. The number of hydrogen-bond acceptors (Lipinski definition) is 4. The Morgan fingerprint density at radius 3 is 2.58 bits per heavy atom. The first-order valence-corrected chi connectivity index (χ1v) is 9.13. The Hall–Kier alpha value is -1.63. The number of hydrogen-bond donors (Lipinski definition) is 2. The molecule has 0 aliphatic heterocycles. The van der Waals surface area contributed by atoms with Crippen LogP contribution in [0.15, 0.2) is 11.3 Å². The van der Waals surface area contributed by atoms with E-state index in [2.05, 4.69) is 32.6 Å². The van der Waals surface area contributed by atoms with E-state index in [0.717, 1.165) is 38.0 Å². The van der Waals surface area contributed by atoms with E-state index in [9.17, 15) is 0 Å². The SMILES string of the molecule is CCCCCCCCOCCCNC(=NC)NCc1ncnn1C. The number of ether oxygens (including phenoxy) is 1. The number of aromatic nitrogens is 3. The molecule has 7 nitrogen and oxygen atoms in total. The number of aliphatic imine (C=N–C) groups is 1. The molecule has 0 spiro atoms. The molecular weight excluding hydrogens is 304 g/mol. The average molecular weight is 339 g/mol. The van der Waals surface area contributed by atoms with Gasteiger partial charge in [0, 0.05) is 33.9 Å². The second-order valence-electron chi connectivity index (χ2n) is 5.89. The Morgan fingerprint density at radius 2 is 1.88 bits per heavy atom. The van der Waals surface area contributed by atoms with Crippen molar-refractivity contribution in [1.82, 2.24) is 25.4 Å². The van der Waals surface area contributed by atoms with Gasteiger partial charge in [0.05, 0.1) is 6.54 Å². The molecule has 0 aliphatic carbocycles. The Balaban J connectivity index is 1.94. The quantitative estimate of drug-likeness (QED) is 0.328. The summed E-state index contributed by atoms with van der Waals surface area (Å²) < 4.78 is 7.41. The molecule has 0 atom stereocenters. The van der Waals surface area contributed by atoms with E-state index in [1.807, 2.05) is 7.05 Å². The van der Waals surface area contributed by atoms with Crippen LogP contribution in [0.2, 0.25) is 0 Å². The van der Waals surface area contributed by atoms with Gasteiger partial charge < -0.3 is 15.4 Å². The minimum Gasteiger partial charge on any atom is -0.381 e. The molecular formula is C17H34N6O. The molecule has 1 rings (SSSR count). The van der Waals surface area contributed by atoms with Gasteiger partial charge in [-0.05, 0) is 12.8 Å². The lowest BCUT2D eigenvalue weighted by molar-refractivity contribution is 0.128. The highest BCUT2D eigenvalue weighted by Crippen LogP contribution is 2.04. The van der Waals surface area contributed by atoms with Crippen molar-refractivity contribution >= 4 is 5.96 Å². The predicted molar refractivity (Wildman–Crippen MR) is 98.0 cm³/mol. The molecule has 0 aliphatic rings. The van der Waals surface area contributed by atoms with E-state index >= 15 is 0 Å². The summed E-state index contributed by atoms with van der Waals surface area (Å²) in [6.45, 7) is 5.37. The largest absolute Gasteiger partial charge is 0.381 e. The fraction of sp³-hybridized carbons (Fsp3) is 0.824. The topological polar surface area (TPSA) is 76.4 Å². The maximum atomic E-state index is 5.67. The van der Waals surface area contributed by atoms with E-state index in [-0.39, 0.29) is 0 Å². The van der Waals surface area contributed by atoms with Crippen molar-refractivity contribution < 1.29 is 4.74 Å². The van der Waals surface area contributed by atoms with Crippen LogP contribution >= 0.6 is 0 Å². The van der Waals surface area contributed by atoms with E-state index in [0.29, 0.717) is 6.54 Å². The zero-order valence-corrected chi connectivity index (χ0v) is 15.6. The first-order chi connectivity index (χ1) is 11.8. The van der Waals surface area contributed by atoms with Crippen molar-refractivity contribution in [2.45, 2.75) is 58.4 Å². The third kappa shape index (κ3) is 9.50. The fourth-order valence-corrected chi connectivity index (χ4v) is 2.33. The third-order valence-corrected chi connectivity index (χ3v) is 3.84. The maximum Gasteiger partial charge on any atom is 0.191 e. The first kappa shape index (κ1) is 20.4. The van der Waals surface area contributed by atoms with Gasteiger partial charge in [-0.15, -0.1) is 0 Å². The summed E-state index contributed by atoms with van der Waals surface area (Å²) in [6, 6.07) is 0. The standard InChI is InChI=1S/C17H34N6O/c1-4-5-6-7-8-9-12-24-13-10-11-19-17(18-2)20-14-16-21-15-22-23(16)3/h15H,4-14H2,1-3H3,(H2,18,19,20). The van der Waals surface area contributed by atoms with Crippen LogP contribution in [0.5, 0.6) is 0 Å². The Bertz CT molecular complexity index is 446. The zero-order valence-electron chi connectivity index (χ0n) is 15.6. The molecule has 1 aromatic rings. The van der Waals surface area contributed by atoms with Gasteiger partial charge in [0.1, 0.15) is 12.2 Å². The van der Waals surface area contributed by atoms with Crippen molar-refractivity contribution in [2.24, 2.45) is 12.0 Å². The fourth-order valence-electron chi connectivity index (χ4n) is 2.33. The van der Waals surface area contributed by atoms with Gasteiger partial charge in [-0.25, -0.2) is 4.98 Å². The maximum absolute atomic E-state index is 5.67. The molecule has 0 aromatic carbocycles. The molecule has 2 N–H and O–H groups in total. The van der Waals surface area contributed by atoms with Crippen LogP contribution < -0.4 is 10.6 Å². The molecule has 24 heavy (non-hydrogen) atoms. The second kappa shape index (κ2) is 13.8. The molecule has 0 radical (unpaired) electrons. The van der Waals surface area contributed by atoms with Crippen molar-refractivity contribution in [3.63, 3.8) is 0 Å². The summed E-state index contributed by atoms with van der Waals surface area (Å²) in [5.74, 6) is 1.65. The van der Waals surface area contributed by atoms with Crippen LogP contribution in [0.25, 0.3) is 0 Å². The molecule has 0 amide bonds. The molecule has 7 heteroatoms. The number of nitrogens with zero attached hydrogens (tertiary/aromatic N) is 4. The summed E-state index contributed by atoms with van der Waals surface area (Å²) in [5, 5.41) is 10.5. The van der Waals surface area contributed by atoms with E-state index in [1.165, 1.54) is 38.5 Å². The monoisotopic (exact) mass is 338 g/mol. The normalized spacial score (nSPS) is 11.7. The highest BCUT2D eigenvalue weighted by Gasteiger charge is 2.02. The number of unbranched alkanes of at least 4 members (excludes halogenated alkanes) is 5. The van der Waals surface area contributed by atoms with Crippen molar-refractivity contribution in [1.29, 1.82) is 0 Å². The zero-order chi connectivity index (χ0) is 17.5. The van der Waals surface area contributed by atoms with Crippen molar-refractivity contribution in [2.75, 3.05) is 26.8 Å². The van der Waals surface area contributed by atoms with Gasteiger partial charge >= 0.3 is 0 Å². The van der Waals surface area contributed by atoms with Crippen LogP contribution in [0, 0.1) is 0 Å². The van der Waals surface area contributed by atoms with Crippen LogP contribution in [-0.4, -0.2) is 47.5 Å². The van der Waals surface area contributed by atoms with Gasteiger partial charge in [0.25, 0.3) is 0 Å². The highest BCUT2D eigenvalue weighted by atomic mass is 16.5. The van der Waals surface area contributed by atoms with E-state index in [4.69, 9.17) is 4.74 Å². The highest BCUT2D eigenvalue weighted by molar-refractivity contribution is 5.79. The molecule has 0 bridgehead atoms. The molecule has 0 unspecified atom stereocenters. The van der Waals surface area contributed by atoms with Crippen molar-refractivity contribution in [3.05, 3.63) is 12.2 Å². The minimum atomic E-state index is 0.602. The first-order valence-electron chi connectivity index (χ1n) is 9.13. The average Bonchev–Trinajstić information content (AvgIpc) is 3.00. The van der Waals surface area contributed by atoms with Gasteiger partial charge in [-0.1, -0.05) is 39.0 Å². The minimum absolute atomic E-state index is 0.602. The molecule has 0 saturated carbocycles. The van der Waals surface area contributed by atoms with Gasteiger partial charge in [0.2, 0.25) is 0 Å². The van der Waals surface area contributed by atoms with Crippen LogP contribution in [-0.2, 0) is 18.3 Å². The third-order valence-electron chi connectivity index (χ3n) is 3.84. The molecule has 1 aromatic heterocycles. The number of guanidine groups is 1. The predicted octanol–water partition coefficient (Wildman–Crippen LogP) is 2.25. The Morgan fingerprint density at radius 1 is 1.12 bits per heavy atom. The number of rotatable bonds is 13. The van der Waals surface area contributed by atoms with Gasteiger partial charge in [-0.2, -0.15) is 5.10 Å². The summed E-state index contributed by atoms with van der Waals surface area (Å²) >= 11 is 0. The smallest absolute Gasteiger partial charge is 0.191 e. The molecule has 1 heterocycles. The van der Waals surface area contributed by atoms with E-state index < -0.39 is 0 Å². The van der Waals surface area contributed by atoms with Gasteiger partial charge in [-0.3, -0.25) is 9.67 Å². The van der Waals surface area contributed by atoms with Gasteiger partial charge in [0.15, 0.2) is 5.96 Å². The van der Waals surface area contributed by atoms with Crippen molar-refractivity contribution in [3.8, 4) is 0 Å². The Kier molecular flexibility index (Phi) is 11.7. The molecule has 0 fully saturated rings. The summed E-state index contributed by atoms with van der Waals surface area (Å²) in [7, 11) is 3.64. The van der Waals surface area contributed by atoms with Crippen LogP contribution in [0.1, 0.15) is 57.7 Å². The van der Waals surface area contributed by atoms with E-state index in [1.54, 1.807) is 18.1 Å². The Labute approximate surface area is 146 Å². The lowest BCUT2D eigenvalue weighted by Gasteiger charge is -2.11. The van der Waals surface area contributed by atoms with Crippen LogP contribution in [0.3, 0.4) is 0 Å². The summed E-state index contributed by atoms with van der Waals surface area (Å²) in [6.07, 6.45) is 10.4. The summed E-state index contributed by atoms with van der Waals surface area (Å²) in [5.41, 5.74) is 0. The number of aryl methyl sites for hydroxylation is 1. The second-order valence-corrected chi connectivity index (χ2v) is 5.89. The lowest BCUT2D eigenvalue weighted by Crippen LogP contribution is -2.38.